The van der Waals surface area contributed by atoms with E-state index in [1.54, 1.807) is 0 Å². The molecule has 0 unspecified atom stereocenters. The van der Waals surface area contributed by atoms with E-state index < -0.39 is 35.1 Å². The van der Waals surface area contributed by atoms with E-state index in [1.165, 1.54) is 13.2 Å². The summed E-state index contributed by atoms with van der Waals surface area (Å²) in [6.07, 6.45) is 0.188. The molecule has 0 fully saturated rings. The quantitative estimate of drug-likeness (QED) is 0.846. The number of esters is 1. The first kappa shape index (κ1) is 18.6. The first-order valence-electron chi connectivity index (χ1n) is 7.73. The number of nitrogens with one attached hydrogen (secondary N) is 1. The van der Waals surface area contributed by atoms with Gasteiger partial charge >= 0.3 is 5.97 Å². The molecule has 1 atom stereocenters. The summed E-state index contributed by atoms with van der Waals surface area (Å²) < 4.78 is 31.8. The smallest absolute Gasteiger partial charge is 0.328 e. The van der Waals surface area contributed by atoms with E-state index >= 15 is 0 Å². The van der Waals surface area contributed by atoms with Crippen molar-refractivity contribution < 1.29 is 23.1 Å². The van der Waals surface area contributed by atoms with Crippen molar-refractivity contribution in [2.45, 2.75) is 26.3 Å². The zero-order valence-electron chi connectivity index (χ0n) is 14.2. The second-order valence-electron chi connectivity index (χ2n) is 5.73. The fourth-order valence-electron chi connectivity index (χ4n) is 2.63. The number of rotatable bonds is 5. The lowest BCUT2D eigenvalue weighted by molar-refractivity contribution is -0.142. The molecule has 2 rings (SSSR count). The molecule has 0 spiro atoms. The molecule has 1 N–H and O–H groups in total. The fourth-order valence-corrected chi connectivity index (χ4v) is 2.63. The van der Waals surface area contributed by atoms with Crippen LogP contribution in [-0.4, -0.2) is 25.0 Å². The third kappa shape index (κ3) is 4.21. The maximum atomic E-state index is 13.8. The highest BCUT2D eigenvalue weighted by Crippen LogP contribution is 2.17. The Hall–Kier alpha value is -2.76. The summed E-state index contributed by atoms with van der Waals surface area (Å²) in [6.45, 7) is 3.79. The zero-order chi connectivity index (χ0) is 18.6. The number of amides is 1. The Bertz CT molecular complexity index is 785. The van der Waals surface area contributed by atoms with Crippen molar-refractivity contribution in [2.24, 2.45) is 0 Å². The van der Waals surface area contributed by atoms with Gasteiger partial charge < -0.3 is 10.1 Å². The van der Waals surface area contributed by atoms with Gasteiger partial charge in [-0.1, -0.05) is 24.3 Å². The summed E-state index contributed by atoms with van der Waals surface area (Å²) >= 11 is 0. The standard InChI is InChI=1S/C19H19F2NO3/c1-11-6-4-7-12(2)14(11)10-16(19(24)25-3)22-18(23)13-8-5-9-15(20)17(13)21/h4-9,16H,10H2,1-3H3,(H,22,23)/t16-/m0/s1. The molecule has 0 saturated heterocycles. The van der Waals surface area contributed by atoms with E-state index in [-0.39, 0.29) is 6.42 Å². The van der Waals surface area contributed by atoms with Gasteiger partial charge in [0.05, 0.1) is 12.7 Å². The highest BCUT2D eigenvalue weighted by atomic mass is 19.2. The lowest BCUT2D eigenvalue weighted by Crippen LogP contribution is -2.43. The summed E-state index contributed by atoms with van der Waals surface area (Å²) in [6, 6.07) is 7.96. The van der Waals surface area contributed by atoms with Crippen LogP contribution in [0.2, 0.25) is 0 Å². The van der Waals surface area contributed by atoms with Gasteiger partial charge in [-0.3, -0.25) is 4.79 Å². The van der Waals surface area contributed by atoms with Crippen molar-refractivity contribution in [1.82, 2.24) is 5.32 Å². The van der Waals surface area contributed by atoms with Crippen LogP contribution in [0.4, 0.5) is 8.78 Å². The molecule has 132 valence electrons. The molecule has 4 nitrogen and oxygen atoms in total. The molecule has 0 radical (unpaired) electrons. The number of carbonyl (C=O) groups is 2. The molecule has 0 aliphatic heterocycles. The van der Waals surface area contributed by atoms with Crippen LogP contribution >= 0.6 is 0 Å². The predicted molar refractivity (Wildman–Crippen MR) is 89.2 cm³/mol. The van der Waals surface area contributed by atoms with Crippen LogP contribution in [0.25, 0.3) is 0 Å². The van der Waals surface area contributed by atoms with E-state index in [9.17, 15) is 18.4 Å². The Labute approximate surface area is 144 Å². The number of methoxy groups -OCH3 is 1. The molecule has 2 aromatic rings. The number of hydrogen-bond acceptors (Lipinski definition) is 3. The van der Waals surface area contributed by atoms with E-state index in [0.717, 1.165) is 28.8 Å². The van der Waals surface area contributed by atoms with Gasteiger partial charge in [0.1, 0.15) is 6.04 Å². The van der Waals surface area contributed by atoms with Gasteiger partial charge in [-0.05, 0) is 42.7 Å². The average molecular weight is 347 g/mol. The maximum Gasteiger partial charge on any atom is 0.328 e. The monoisotopic (exact) mass is 347 g/mol. The van der Waals surface area contributed by atoms with Crippen molar-refractivity contribution in [1.29, 1.82) is 0 Å². The molecule has 1 amide bonds. The van der Waals surface area contributed by atoms with Gasteiger partial charge in [-0.15, -0.1) is 0 Å². The molecular formula is C19H19F2NO3. The third-order valence-corrected chi connectivity index (χ3v) is 4.04. The van der Waals surface area contributed by atoms with Crippen LogP contribution < -0.4 is 5.32 Å². The Morgan fingerprint density at radius 2 is 1.68 bits per heavy atom. The van der Waals surface area contributed by atoms with E-state index in [4.69, 9.17) is 4.74 Å². The summed E-state index contributed by atoms with van der Waals surface area (Å²) in [4.78, 5) is 24.3. The minimum atomic E-state index is -1.25. The van der Waals surface area contributed by atoms with Crippen LogP contribution in [0.5, 0.6) is 0 Å². The first-order valence-corrected chi connectivity index (χ1v) is 7.73. The summed E-state index contributed by atoms with van der Waals surface area (Å²) in [5, 5.41) is 2.43. The van der Waals surface area contributed by atoms with Gasteiger partial charge in [0, 0.05) is 6.42 Å². The first-order chi connectivity index (χ1) is 11.8. The lowest BCUT2D eigenvalue weighted by Gasteiger charge is -2.19. The van der Waals surface area contributed by atoms with E-state index in [0.29, 0.717) is 0 Å². The van der Waals surface area contributed by atoms with Crippen LogP contribution in [0, 0.1) is 25.5 Å². The third-order valence-electron chi connectivity index (χ3n) is 4.04. The fraction of sp³-hybridized carbons (Fsp3) is 0.263. The minimum absolute atomic E-state index is 0.188. The molecule has 25 heavy (non-hydrogen) atoms. The normalized spacial score (nSPS) is 11.7. The van der Waals surface area contributed by atoms with Crippen LogP contribution in [0.1, 0.15) is 27.0 Å². The van der Waals surface area contributed by atoms with Gasteiger partial charge in [0.25, 0.3) is 5.91 Å². The number of carbonyl (C=O) groups excluding carboxylic acids is 2. The number of halogens is 2. The van der Waals surface area contributed by atoms with Gasteiger partial charge in [-0.25, -0.2) is 13.6 Å². The van der Waals surface area contributed by atoms with Crippen molar-refractivity contribution >= 4 is 11.9 Å². The Balaban J connectivity index is 2.28. The largest absolute Gasteiger partial charge is 0.467 e. The van der Waals surface area contributed by atoms with E-state index in [1.807, 2.05) is 32.0 Å². The van der Waals surface area contributed by atoms with Gasteiger partial charge in [-0.2, -0.15) is 0 Å². The highest BCUT2D eigenvalue weighted by molar-refractivity contribution is 5.97. The Kier molecular flexibility index (Phi) is 5.85. The number of aryl methyl sites for hydroxylation is 2. The summed E-state index contributed by atoms with van der Waals surface area (Å²) in [5.74, 6) is -3.92. The van der Waals surface area contributed by atoms with Crippen LogP contribution in [0.3, 0.4) is 0 Å². The topological polar surface area (TPSA) is 55.4 Å². The molecule has 0 aliphatic rings. The number of ether oxygens (including phenoxy) is 1. The van der Waals surface area contributed by atoms with Gasteiger partial charge in [0.2, 0.25) is 0 Å². The summed E-state index contributed by atoms with van der Waals surface area (Å²) in [7, 11) is 1.20. The van der Waals surface area contributed by atoms with Crippen molar-refractivity contribution in [3.8, 4) is 0 Å². The Morgan fingerprint density at radius 1 is 1.08 bits per heavy atom. The van der Waals surface area contributed by atoms with Crippen molar-refractivity contribution in [3.05, 3.63) is 70.3 Å². The lowest BCUT2D eigenvalue weighted by atomic mass is 9.96. The Morgan fingerprint density at radius 3 is 2.28 bits per heavy atom. The average Bonchev–Trinajstić information content (AvgIpc) is 2.58. The predicted octanol–water partition coefficient (Wildman–Crippen LogP) is 3.10. The molecule has 0 heterocycles. The molecule has 6 heteroatoms. The molecule has 2 aromatic carbocycles. The zero-order valence-corrected chi connectivity index (χ0v) is 14.2. The second-order valence-corrected chi connectivity index (χ2v) is 5.73. The number of benzene rings is 2. The van der Waals surface area contributed by atoms with Crippen molar-refractivity contribution in [2.75, 3.05) is 7.11 Å². The molecule has 0 aromatic heterocycles. The van der Waals surface area contributed by atoms with Crippen LogP contribution in [-0.2, 0) is 16.0 Å². The van der Waals surface area contributed by atoms with Crippen LogP contribution in [0.15, 0.2) is 36.4 Å². The van der Waals surface area contributed by atoms with Gasteiger partial charge in [0.15, 0.2) is 11.6 Å². The maximum absolute atomic E-state index is 13.8. The SMILES string of the molecule is COC(=O)[C@H](Cc1c(C)cccc1C)NC(=O)c1cccc(F)c1F. The molecule has 0 saturated carbocycles. The molecule has 0 aliphatic carbocycles. The number of hydrogen-bond donors (Lipinski definition) is 1. The minimum Gasteiger partial charge on any atom is -0.467 e. The van der Waals surface area contributed by atoms with Crippen molar-refractivity contribution in [3.63, 3.8) is 0 Å². The van der Waals surface area contributed by atoms with E-state index in [2.05, 4.69) is 5.32 Å². The summed E-state index contributed by atoms with van der Waals surface area (Å²) in [5.41, 5.74) is 2.34. The second kappa shape index (κ2) is 7.88. The molecule has 0 bridgehead atoms. The molecular weight excluding hydrogens is 328 g/mol. The highest BCUT2D eigenvalue weighted by Gasteiger charge is 2.25.